The van der Waals surface area contributed by atoms with Crippen molar-refractivity contribution in [3.05, 3.63) is 28.2 Å². The van der Waals surface area contributed by atoms with Crippen molar-refractivity contribution in [3.63, 3.8) is 0 Å². The molecule has 1 aromatic heterocycles. The fourth-order valence-electron chi connectivity index (χ4n) is 3.22. The molecule has 0 radical (unpaired) electrons. The van der Waals surface area contributed by atoms with E-state index in [0.717, 1.165) is 20.0 Å². The highest BCUT2D eigenvalue weighted by molar-refractivity contribution is 5.99. The highest BCUT2D eigenvalue weighted by Gasteiger charge is 2.45. The van der Waals surface area contributed by atoms with Crippen LogP contribution in [0.2, 0.25) is 0 Å². The first-order chi connectivity index (χ1) is 14.0. The quantitative estimate of drug-likeness (QED) is 0.463. The number of carbonyl (C=O) groups is 3. The van der Waals surface area contributed by atoms with Crippen LogP contribution in [-0.2, 0) is 19.0 Å². The Morgan fingerprint density at radius 2 is 2.10 bits per heavy atom. The van der Waals surface area contributed by atoms with Crippen molar-refractivity contribution < 1.29 is 33.3 Å². The molecule has 4 rings (SSSR count). The third-order valence-electron chi connectivity index (χ3n) is 4.78. The standard InChI is InChI=1S/C17H20N4O8/c1-26-17(25)29-8-28-14-11(22)4-5-20-13(14)16(24)21-10(6-27-7-12(21)19-20)15(23)18-9-2-3-9/h4-5,9-10,12,19H,2-3,6-8H2,1H3,(H,18,23)/t10?,12-/m0/s1. The van der Waals surface area contributed by atoms with Crippen molar-refractivity contribution in [2.24, 2.45) is 0 Å². The average Bonchev–Trinajstić information content (AvgIpc) is 3.53. The van der Waals surface area contributed by atoms with Gasteiger partial charge in [0.1, 0.15) is 12.2 Å². The number of fused-ring (bicyclic) bond motifs is 2. The lowest BCUT2D eigenvalue weighted by Gasteiger charge is -2.45. The van der Waals surface area contributed by atoms with Gasteiger partial charge < -0.3 is 29.7 Å². The molecule has 2 aliphatic heterocycles. The molecule has 0 spiro atoms. The molecule has 12 heteroatoms. The number of morpholine rings is 1. The molecule has 156 valence electrons. The molecule has 3 aliphatic rings. The Bertz CT molecular complexity index is 896. The average molecular weight is 408 g/mol. The molecular weight excluding hydrogens is 388 g/mol. The molecule has 0 aromatic carbocycles. The van der Waals surface area contributed by atoms with Crippen LogP contribution in [0.4, 0.5) is 4.79 Å². The summed E-state index contributed by atoms with van der Waals surface area (Å²) in [7, 11) is 1.13. The van der Waals surface area contributed by atoms with Gasteiger partial charge in [0.25, 0.3) is 5.91 Å². The lowest BCUT2D eigenvalue weighted by Crippen LogP contribution is -2.66. The highest BCUT2D eigenvalue weighted by Crippen LogP contribution is 2.26. The minimum absolute atomic E-state index is 0.0428. The van der Waals surface area contributed by atoms with Crippen LogP contribution >= 0.6 is 0 Å². The molecule has 2 atom stereocenters. The summed E-state index contributed by atoms with van der Waals surface area (Å²) in [5.74, 6) is -1.19. The van der Waals surface area contributed by atoms with Crippen molar-refractivity contribution >= 4 is 18.0 Å². The maximum absolute atomic E-state index is 13.3. The normalized spacial score (nSPS) is 22.7. The molecule has 3 heterocycles. The number of methoxy groups -OCH3 is 1. The number of hydrogen-bond acceptors (Lipinski definition) is 9. The third-order valence-corrected chi connectivity index (χ3v) is 4.78. The van der Waals surface area contributed by atoms with Crippen LogP contribution in [0.15, 0.2) is 17.1 Å². The zero-order valence-corrected chi connectivity index (χ0v) is 15.6. The first-order valence-corrected chi connectivity index (χ1v) is 9.06. The molecule has 1 aromatic rings. The molecule has 2 N–H and O–H groups in total. The lowest BCUT2D eigenvalue weighted by atomic mass is 10.1. The Morgan fingerprint density at radius 3 is 2.83 bits per heavy atom. The van der Waals surface area contributed by atoms with E-state index in [4.69, 9.17) is 9.47 Å². The van der Waals surface area contributed by atoms with Gasteiger partial charge in [-0.15, -0.1) is 0 Å². The second kappa shape index (κ2) is 7.62. The molecule has 2 fully saturated rings. The van der Waals surface area contributed by atoms with Gasteiger partial charge in [-0.3, -0.25) is 24.0 Å². The van der Waals surface area contributed by atoms with E-state index in [-0.39, 0.29) is 36.6 Å². The van der Waals surface area contributed by atoms with Crippen LogP contribution < -0.4 is 20.9 Å². The zero-order valence-electron chi connectivity index (χ0n) is 15.6. The molecule has 29 heavy (non-hydrogen) atoms. The Morgan fingerprint density at radius 1 is 1.31 bits per heavy atom. The van der Waals surface area contributed by atoms with Gasteiger partial charge in [0, 0.05) is 18.3 Å². The Labute approximate surface area is 164 Å². The SMILES string of the molecule is COC(=O)OCOc1c2n(ccc1=O)N[C@@H]1COCC(C(=O)NC3CC3)N1C2=O. The molecule has 2 amide bonds. The van der Waals surface area contributed by atoms with Gasteiger partial charge >= 0.3 is 6.16 Å². The van der Waals surface area contributed by atoms with Crippen molar-refractivity contribution in [1.82, 2.24) is 14.9 Å². The number of pyridine rings is 1. The fourth-order valence-corrected chi connectivity index (χ4v) is 3.22. The predicted octanol–water partition coefficient (Wildman–Crippen LogP) is -1.03. The minimum Gasteiger partial charge on any atom is -0.451 e. The molecular formula is C17H20N4O8. The van der Waals surface area contributed by atoms with E-state index >= 15 is 0 Å². The summed E-state index contributed by atoms with van der Waals surface area (Å²) < 4.78 is 21.1. The Balaban J connectivity index is 1.61. The number of nitrogens with one attached hydrogen (secondary N) is 2. The summed E-state index contributed by atoms with van der Waals surface area (Å²) in [4.78, 5) is 50.6. The van der Waals surface area contributed by atoms with Gasteiger partial charge in [0.15, 0.2) is 5.69 Å². The van der Waals surface area contributed by atoms with Gasteiger partial charge in [-0.05, 0) is 12.8 Å². The minimum atomic E-state index is -0.996. The van der Waals surface area contributed by atoms with Crippen LogP contribution in [0.3, 0.4) is 0 Å². The smallest absolute Gasteiger partial charge is 0.451 e. The molecule has 1 saturated carbocycles. The van der Waals surface area contributed by atoms with Crippen LogP contribution in [0.1, 0.15) is 23.3 Å². The third kappa shape index (κ3) is 3.70. The van der Waals surface area contributed by atoms with Gasteiger partial charge in [-0.1, -0.05) is 0 Å². The molecule has 0 bridgehead atoms. The number of carbonyl (C=O) groups excluding carboxylic acids is 3. The van der Waals surface area contributed by atoms with E-state index in [1.807, 2.05) is 0 Å². The monoisotopic (exact) mass is 408 g/mol. The topological polar surface area (TPSA) is 137 Å². The van der Waals surface area contributed by atoms with Gasteiger partial charge in [0.2, 0.25) is 23.9 Å². The van der Waals surface area contributed by atoms with Gasteiger partial charge in [0.05, 0.1) is 20.3 Å². The van der Waals surface area contributed by atoms with Gasteiger partial charge in [-0.2, -0.15) is 0 Å². The second-order valence-corrected chi connectivity index (χ2v) is 6.78. The van der Waals surface area contributed by atoms with E-state index in [2.05, 4.69) is 20.2 Å². The summed E-state index contributed by atoms with van der Waals surface area (Å²) >= 11 is 0. The molecule has 1 unspecified atom stereocenters. The van der Waals surface area contributed by atoms with Crippen LogP contribution in [0.5, 0.6) is 5.75 Å². The van der Waals surface area contributed by atoms with E-state index in [9.17, 15) is 19.2 Å². The summed E-state index contributed by atoms with van der Waals surface area (Å²) in [5, 5.41) is 2.87. The number of amides is 2. The Kier molecular flexibility index (Phi) is 5.01. The van der Waals surface area contributed by atoms with E-state index in [0.29, 0.717) is 0 Å². The Hall–Kier alpha value is -3.28. The summed E-state index contributed by atoms with van der Waals surface area (Å²) in [6.45, 7) is -0.405. The number of rotatable bonds is 5. The number of aromatic nitrogens is 1. The summed E-state index contributed by atoms with van der Waals surface area (Å²) in [6, 6.07) is 0.478. The maximum Gasteiger partial charge on any atom is 0.510 e. The molecule has 1 aliphatic carbocycles. The fraction of sp³-hybridized carbons (Fsp3) is 0.529. The van der Waals surface area contributed by atoms with Crippen LogP contribution in [-0.4, -0.2) is 72.9 Å². The molecule has 12 nitrogen and oxygen atoms in total. The maximum atomic E-state index is 13.3. The highest BCUT2D eigenvalue weighted by atomic mass is 16.8. The zero-order chi connectivity index (χ0) is 20.5. The van der Waals surface area contributed by atoms with Crippen molar-refractivity contribution in [2.45, 2.75) is 31.1 Å². The van der Waals surface area contributed by atoms with Crippen molar-refractivity contribution in [1.29, 1.82) is 0 Å². The van der Waals surface area contributed by atoms with Crippen LogP contribution in [0, 0.1) is 0 Å². The number of nitrogens with zero attached hydrogens (tertiary/aromatic N) is 2. The number of ether oxygens (including phenoxy) is 4. The number of hydrogen-bond donors (Lipinski definition) is 2. The lowest BCUT2D eigenvalue weighted by molar-refractivity contribution is -0.133. The van der Waals surface area contributed by atoms with Crippen molar-refractivity contribution in [3.8, 4) is 5.75 Å². The largest absolute Gasteiger partial charge is 0.510 e. The first-order valence-electron chi connectivity index (χ1n) is 9.06. The first kappa shape index (κ1) is 19.1. The summed E-state index contributed by atoms with van der Waals surface area (Å²) in [6.07, 6.45) is 1.61. The van der Waals surface area contributed by atoms with E-state index < -0.39 is 36.5 Å². The summed E-state index contributed by atoms with van der Waals surface area (Å²) in [5.41, 5.74) is 2.34. The van der Waals surface area contributed by atoms with E-state index in [1.165, 1.54) is 21.8 Å². The second-order valence-electron chi connectivity index (χ2n) is 6.78. The van der Waals surface area contributed by atoms with Crippen LogP contribution in [0.25, 0.3) is 0 Å². The molecule has 1 saturated heterocycles. The van der Waals surface area contributed by atoms with Crippen molar-refractivity contribution in [2.75, 3.05) is 32.5 Å². The van der Waals surface area contributed by atoms with E-state index in [1.54, 1.807) is 0 Å². The van der Waals surface area contributed by atoms with Gasteiger partial charge in [-0.25, -0.2) is 4.79 Å². The predicted molar refractivity (Wildman–Crippen MR) is 94.8 cm³/mol.